The largest absolute Gasteiger partial charge is 0.347 e. The minimum absolute atomic E-state index is 0.358. The summed E-state index contributed by atoms with van der Waals surface area (Å²) in [5.74, 6) is 0. The first-order valence-corrected chi connectivity index (χ1v) is 4.03. The van der Waals surface area contributed by atoms with E-state index in [1.54, 1.807) is 6.21 Å². The number of fused-ring (bicyclic) bond motifs is 1. The Kier molecular flexibility index (Phi) is 1.86. The summed E-state index contributed by atoms with van der Waals surface area (Å²) in [6, 6.07) is 0. The number of aromatic nitrogens is 2. The van der Waals surface area contributed by atoms with Crippen molar-refractivity contribution in [2.24, 2.45) is 4.99 Å². The molecule has 2 rings (SSSR count). The lowest BCUT2D eigenvalue weighted by Gasteiger charge is -2.15. The molecule has 2 heterocycles. The topological polar surface area (TPSA) is 50.2 Å². The highest BCUT2D eigenvalue weighted by Gasteiger charge is 2.15. The Balaban J connectivity index is 2.53. The summed E-state index contributed by atoms with van der Waals surface area (Å²) in [7, 11) is 0. The number of nitrogens with one attached hydrogen (secondary N) is 1. The van der Waals surface area contributed by atoms with E-state index in [1.807, 2.05) is 0 Å². The highest BCUT2D eigenvalue weighted by atomic mass is 35.5. The standard InChI is InChI=1S/C6H4Cl2N4/c7-5-4-3(10-2-11-5)1-9-6(8)12-4/h1-2,6,12H. The fourth-order valence-corrected chi connectivity index (χ4v) is 1.26. The molecule has 1 aliphatic rings. The van der Waals surface area contributed by atoms with Crippen LogP contribution in [0.3, 0.4) is 0 Å². The van der Waals surface area contributed by atoms with E-state index in [1.165, 1.54) is 6.33 Å². The van der Waals surface area contributed by atoms with Crippen LogP contribution >= 0.6 is 23.2 Å². The minimum Gasteiger partial charge on any atom is -0.347 e. The predicted octanol–water partition coefficient (Wildman–Crippen LogP) is 1.50. The number of aliphatic imine (C=N–C) groups is 1. The van der Waals surface area contributed by atoms with Crippen molar-refractivity contribution in [1.82, 2.24) is 9.97 Å². The van der Waals surface area contributed by atoms with Gasteiger partial charge in [0.1, 0.15) is 17.7 Å². The second kappa shape index (κ2) is 2.88. The number of nitrogens with zero attached hydrogens (tertiary/aromatic N) is 3. The van der Waals surface area contributed by atoms with E-state index in [0.717, 1.165) is 0 Å². The number of alkyl halides is 1. The Labute approximate surface area is 78.6 Å². The van der Waals surface area contributed by atoms with Gasteiger partial charge in [-0.3, -0.25) is 4.99 Å². The summed E-state index contributed by atoms with van der Waals surface area (Å²) in [4.78, 5) is 11.6. The van der Waals surface area contributed by atoms with Gasteiger partial charge in [-0.25, -0.2) is 9.97 Å². The monoisotopic (exact) mass is 202 g/mol. The Hall–Kier alpha value is -0.870. The zero-order valence-corrected chi connectivity index (χ0v) is 7.34. The zero-order chi connectivity index (χ0) is 8.55. The Morgan fingerprint density at radius 2 is 2.25 bits per heavy atom. The van der Waals surface area contributed by atoms with Crippen LogP contribution in [0.5, 0.6) is 0 Å². The molecule has 1 N–H and O–H groups in total. The summed E-state index contributed by atoms with van der Waals surface area (Å²) in [6.07, 6.45) is 2.94. The average Bonchev–Trinajstić information content (AvgIpc) is 2.07. The van der Waals surface area contributed by atoms with Crippen LogP contribution in [0.1, 0.15) is 5.69 Å². The SMILES string of the molecule is Clc1ncnc2c1NC(Cl)N=C2. The summed E-state index contributed by atoms with van der Waals surface area (Å²) in [5.41, 5.74) is 0.807. The van der Waals surface area contributed by atoms with Gasteiger partial charge in [0, 0.05) is 0 Å². The van der Waals surface area contributed by atoms with E-state index < -0.39 is 5.62 Å². The summed E-state index contributed by atoms with van der Waals surface area (Å²) in [5, 5.41) is 3.20. The van der Waals surface area contributed by atoms with Gasteiger partial charge in [0.15, 0.2) is 10.8 Å². The van der Waals surface area contributed by atoms with E-state index in [2.05, 4.69) is 20.3 Å². The quantitative estimate of drug-likeness (QED) is 0.394. The average molecular weight is 203 g/mol. The van der Waals surface area contributed by atoms with Crippen LogP contribution in [-0.2, 0) is 0 Å². The highest BCUT2D eigenvalue weighted by Crippen LogP contribution is 2.24. The molecule has 0 fully saturated rings. The first kappa shape index (κ1) is 7.76. The smallest absolute Gasteiger partial charge is 0.195 e. The molecule has 12 heavy (non-hydrogen) atoms. The second-order valence-electron chi connectivity index (χ2n) is 2.18. The number of hydrogen-bond donors (Lipinski definition) is 1. The number of hydrogen-bond acceptors (Lipinski definition) is 4. The van der Waals surface area contributed by atoms with Gasteiger partial charge < -0.3 is 5.32 Å². The first-order chi connectivity index (χ1) is 5.77. The van der Waals surface area contributed by atoms with Crippen LogP contribution in [0.2, 0.25) is 5.15 Å². The maximum Gasteiger partial charge on any atom is 0.195 e. The zero-order valence-electron chi connectivity index (χ0n) is 5.83. The molecular weight excluding hydrogens is 199 g/mol. The molecule has 0 saturated heterocycles. The fourth-order valence-electron chi connectivity index (χ4n) is 0.900. The van der Waals surface area contributed by atoms with E-state index in [-0.39, 0.29) is 0 Å². The molecule has 0 aliphatic carbocycles. The summed E-state index contributed by atoms with van der Waals surface area (Å²) < 4.78 is 0. The molecule has 0 aromatic carbocycles. The van der Waals surface area contributed by atoms with Crippen molar-refractivity contribution < 1.29 is 0 Å². The Morgan fingerprint density at radius 3 is 3.08 bits per heavy atom. The Bertz CT molecular complexity index is 338. The summed E-state index contributed by atoms with van der Waals surface area (Å²) in [6.45, 7) is 0. The van der Waals surface area contributed by atoms with E-state index in [4.69, 9.17) is 23.2 Å². The number of rotatable bonds is 0. The maximum atomic E-state index is 5.77. The van der Waals surface area contributed by atoms with Crippen molar-refractivity contribution in [2.45, 2.75) is 5.62 Å². The van der Waals surface area contributed by atoms with Crippen LogP contribution in [0, 0.1) is 0 Å². The van der Waals surface area contributed by atoms with Gasteiger partial charge in [-0.2, -0.15) is 0 Å². The van der Waals surface area contributed by atoms with Gasteiger partial charge in [0.25, 0.3) is 0 Å². The molecule has 62 valence electrons. The summed E-state index contributed by atoms with van der Waals surface area (Å²) >= 11 is 11.5. The van der Waals surface area contributed by atoms with Crippen molar-refractivity contribution in [3.05, 3.63) is 17.2 Å². The number of halogens is 2. The van der Waals surface area contributed by atoms with Crippen LogP contribution in [0.25, 0.3) is 0 Å². The molecule has 6 heteroatoms. The van der Waals surface area contributed by atoms with Crippen LogP contribution < -0.4 is 5.32 Å². The molecule has 1 aliphatic heterocycles. The second-order valence-corrected chi connectivity index (χ2v) is 2.95. The van der Waals surface area contributed by atoms with Crippen LogP contribution in [-0.4, -0.2) is 21.8 Å². The van der Waals surface area contributed by atoms with Gasteiger partial charge >= 0.3 is 0 Å². The normalized spacial score (nSPS) is 20.0. The van der Waals surface area contributed by atoms with Crippen molar-refractivity contribution in [3.63, 3.8) is 0 Å². The van der Waals surface area contributed by atoms with E-state index >= 15 is 0 Å². The molecule has 1 aromatic heterocycles. The van der Waals surface area contributed by atoms with Crippen molar-refractivity contribution in [3.8, 4) is 0 Å². The third-order valence-electron chi connectivity index (χ3n) is 1.42. The maximum absolute atomic E-state index is 5.77. The molecule has 0 bridgehead atoms. The molecule has 0 saturated carbocycles. The molecule has 1 atom stereocenters. The van der Waals surface area contributed by atoms with Crippen molar-refractivity contribution >= 4 is 35.1 Å². The van der Waals surface area contributed by atoms with Gasteiger partial charge in [-0.15, -0.1) is 0 Å². The minimum atomic E-state index is -0.485. The molecular formula is C6H4Cl2N4. The molecule has 0 radical (unpaired) electrons. The lowest BCUT2D eigenvalue weighted by Crippen LogP contribution is -2.17. The Morgan fingerprint density at radius 1 is 1.42 bits per heavy atom. The molecule has 0 amide bonds. The van der Waals surface area contributed by atoms with Crippen LogP contribution in [0.4, 0.5) is 5.69 Å². The van der Waals surface area contributed by atoms with E-state index in [0.29, 0.717) is 16.5 Å². The number of anilines is 1. The highest BCUT2D eigenvalue weighted by molar-refractivity contribution is 6.33. The lowest BCUT2D eigenvalue weighted by molar-refractivity contribution is 1.00. The van der Waals surface area contributed by atoms with Gasteiger partial charge in [-0.05, 0) is 0 Å². The van der Waals surface area contributed by atoms with Gasteiger partial charge in [-0.1, -0.05) is 23.2 Å². The molecule has 1 aromatic rings. The lowest BCUT2D eigenvalue weighted by atomic mass is 10.3. The van der Waals surface area contributed by atoms with Crippen molar-refractivity contribution in [2.75, 3.05) is 5.32 Å². The third-order valence-corrected chi connectivity index (χ3v) is 1.93. The fraction of sp³-hybridized carbons (Fsp3) is 0.167. The molecule has 4 nitrogen and oxygen atoms in total. The third kappa shape index (κ3) is 1.23. The molecule has 1 unspecified atom stereocenters. The predicted molar refractivity (Wildman–Crippen MR) is 47.9 cm³/mol. The molecule has 0 spiro atoms. The van der Waals surface area contributed by atoms with E-state index in [9.17, 15) is 0 Å². The first-order valence-electron chi connectivity index (χ1n) is 3.21. The van der Waals surface area contributed by atoms with Gasteiger partial charge in [0.05, 0.1) is 6.21 Å². The van der Waals surface area contributed by atoms with Gasteiger partial charge in [0.2, 0.25) is 0 Å². The van der Waals surface area contributed by atoms with Crippen molar-refractivity contribution in [1.29, 1.82) is 0 Å². The van der Waals surface area contributed by atoms with Crippen LogP contribution in [0.15, 0.2) is 11.3 Å².